The van der Waals surface area contributed by atoms with Crippen molar-refractivity contribution >= 4 is 38.0 Å². The highest BCUT2D eigenvalue weighted by Crippen LogP contribution is 2.28. The average molecular weight is 549 g/mol. The second-order valence-corrected chi connectivity index (χ2v) is 16.8. The fourth-order valence-corrected chi connectivity index (χ4v) is 5.82. The number of carbonyl (C=O) groups excluding carboxylic acids is 4. The Morgan fingerprint density at radius 1 is 1.05 bits per heavy atom. The number of nitrogens with zero attached hydrogens (tertiary/aromatic N) is 3. The molecular weight excluding hydrogens is 515 g/mol. The van der Waals surface area contributed by atoms with Crippen molar-refractivity contribution < 1.29 is 38.2 Å². The first-order chi connectivity index (χ1) is 17.9. The zero-order valence-electron chi connectivity index (χ0n) is 21.7. The molecule has 0 saturated carbocycles. The van der Waals surface area contributed by atoms with Gasteiger partial charge >= 0.3 is 12.2 Å². The summed E-state index contributed by atoms with van der Waals surface area (Å²) in [4.78, 5) is 66.5. The van der Waals surface area contributed by atoms with Gasteiger partial charge in [0.25, 0.3) is 11.8 Å². The van der Waals surface area contributed by atoms with Crippen LogP contribution in [-0.2, 0) is 9.53 Å². The van der Waals surface area contributed by atoms with Gasteiger partial charge in [0, 0.05) is 33.6 Å². The molecule has 3 heterocycles. The molecule has 0 aromatic heterocycles. The lowest BCUT2D eigenvalue weighted by atomic mass is 10.1. The Hall–Kier alpha value is -3.48. The first kappa shape index (κ1) is 27.5. The van der Waals surface area contributed by atoms with Crippen molar-refractivity contribution in [3.05, 3.63) is 35.4 Å². The van der Waals surface area contributed by atoms with Crippen LogP contribution in [0.4, 0.5) is 14.0 Å². The number of amides is 5. The minimum atomic E-state index is -1.47. The number of benzene rings is 1. The third-order valence-electron chi connectivity index (χ3n) is 7.14. The van der Waals surface area contributed by atoms with Gasteiger partial charge in [0.15, 0.2) is 0 Å². The lowest BCUT2D eigenvalue weighted by Crippen LogP contribution is -2.49. The molecule has 1 aromatic rings. The highest BCUT2D eigenvalue weighted by atomic mass is 28.3. The van der Waals surface area contributed by atoms with E-state index in [1.165, 1.54) is 4.90 Å². The molecule has 1 aromatic carbocycles. The van der Waals surface area contributed by atoms with Gasteiger partial charge in [-0.1, -0.05) is 31.8 Å². The number of likely N-dealkylation sites (tertiary alicyclic amines) is 2. The Labute approximate surface area is 220 Å². The van der Waals surface area contributed by atoms with Gasteiger partial charge in [0.1, 0.15) is 12.2 Å². The topological polar surface area (TPSA) is 137 Å². The predicted molar refractivity (Wildman–Crippen MR) is 136 cm³/mol. The van der Waals surface area contributed by atoms with Crippen LogP contribution < -0.4 is 5.32 Å². The highest BCUT2D eigenvalue weighted by molar-refractivity contribution is 6.76. The van der Waals surface area contributed by atoms with Crippen molar-refractivity contribution in [2.75, 3.05) is 26.2 Å². The summed E-state index contributed by atoms with van der Waals surface area (Å²) in [5.74, 6) is -1.56. The summed E-state index contributed by atoms with van der Waals surface area (Å²) < 4.78 is 19.4. The standard InChI is InChI=1S/C25H33FN4O7Si/c1-38(2,3)9-8-37-25(36)28-13-16(27-21(31)20-10-15(26)12-29(20)24(34)35)11-17(28)14-30-22(32)18-6-4-5-7-19(18)23(30)33/h4-7,15-17,20H,8-14H2,1-3H3,(H,27,31)(H,34,35)/t15-,16+,17+,20-/m0/s1. The van der Waals surface area contributed by atoms with Crippen molar-refractivity contribution in [2.45, 2.75) is 62.8 Å². The van der Waals surface area contributed by atoms with E-state index >= 15 is 0 Å². The van der Waals surface area contributed by atoms with Crippen molar-refractivity contribution in [3.63, 3.8) is 0 Å². The molecule has 0 radical (unpaired) electrons. The molecule has 5 amide bonds. The summed E-state index contributed by atoms with van der Waals surface area (Å²) in [5.41, 5.74) is 0.584. The van der Waals surface area contributed by atoms with Crippen molar-refractivity contribution in [1.29, 1.82) is 0 Å². The second-order valence-electron chi connectivity index (χ2n) is 11.2. The van der Waals surface area contributed by atoms with E-state index in [0.717, 1.165) is 15.8 Å². The van der Waals surface area contributed by atoms with E-state index in [1.807, 2.05) is 0 Å². The molecule has 3 aliphatic heterocycles. The van der Waals surface area contributed by atoms with Crippen LogP contribution in [0.3, 0.4) is 0 Å². The van der Waals surface area contributed by atoms with Crippen molar-refractivity contribution in [2.24, 2.45) is 0 Å². The zero-order valence-corrected chi connectivity index (χ0v) is 22.7. The van der Waals surface area contributed by atoms with Gasteiger partial charge in [-0.3, -0.25) is 24.2 Å². The van der Waals surface area contributed by atoms with Crippen LogP contribution in [0.15, 0.2) is 24.3 Å². The van der Waals surface area contributed by atoms with Gasteiger partial charge in [-0.2, -0.15) is 0 Å². The van der Waals surface area contributed by atoms with Crippen molar-refractivity contribution in [1.82, 2.24) is 20.0 Å². The van der Waals surface area contributed by atoms with Crippen LogP contribution in [0, 0.1) is 0 Å². The predicted octanol–water partition coefficient (Wildman–Crippen LogP) is 2.41. The molecule has 4 rings (SSSR count). The number of alkyl halides is 1. The Morgan fingerprint density at radius 2 is 1.68 bits per heavy atom. The van der Waals surface area contributed by atoms with Crippen LogP contribution in [0.25, 0.3) is 0 Å². The zero-order chi connectivity index (χ0) is 27.8. The largest absolute Gasteiger partial charge is 0.465 e. The monoisotopic (exact) mass is 548 g/mol. The molecule has 3 aliphatic rings. The Kier molecular flexibility index (Phi) is 7.77. The van der Waals surface area contributed by atoms with Gasteiger partial charge in [0.2, 0.25) is 5.91 Å². The number of fused-ring (bicyclic) bond motifs is 1. The lowest BCUT2D eigenvalue weighted by Gasteiger charge is -2.27. The summed E-state index contributed by atoms with van der Waals surface area (Å²) in [6.45, 7) is 6.27. The smallest absolute Gasteiger partial charge is 0.410 e. The van der Waals surface area contributed by atoms with E-state index < -0.39 is 62.3 Å². The summed E-state index contributed by atoms with van der Waals surface area (Å²) in [6, 6.07) is 4.84. The molecule has 206 valence electrons. The number of hydrogen-bond acceptors (Lipinski definition) is 6. The number of carbonyl (C=O) groups is 5. The van der Waals surface area contributed by atoms with Crippen LogP contribution >= 0.6 is 0 Å². The first-order valence-electron chi connectivity index (χ1n) is 12.7. The van der Waals surface area contributed by atoms with Gasteiger partial charge in [-0.15, -0.1) is 0 Å². The van der Waals surface area contributed by atoms with Gasteiger partial charge in [-0.25, -0.2) is 14.0 Å². The maximum absolute atomic E-state index is 13.9. The molecule has 0 spiro atoms. The van der Waals surface area contributed by atoms with E-state index in [1.54, 1.807) is 24.3 Å². The van der Waals surface area contributed by atoms with Gasteiger partial charge in [-0.05, 0) is 24.6 Å². The SMILES string of the molecule is C[Si](C)(C)CCOC(=O)N1C[C@H](NC(=O)[C@@H]2C[C@H](F)CN2C(=O)O)C[C@@H]1CN1C(=O)c2ccccc2C1=O. The average Bonchev–Trinajstić information content (AvgIpc) is 3.50. The summed E-state index contributed by atoms with van der Waals surface area (Å²) in [7, 11) is -1.47. The summed E-state index contributed by atoms with van der Waals surface area (Å²) in [5, 5.41) is 12.1. The first-order valence-corrected chi connectivity index (χ1v) is 16.4. The van der Waals surface area contributed by atoms with Gasteiger partial charge < -0.3 is 20.1 Å². The molecule has 13 heteroatoms. The minimum absolute atomic E-state index is 0.0458. The highest BCUT2D eigenvalue weighted by Gasteiger charge is 2.45. The minimum Gasteiger partial charge on any atom is -0.465 e. The third-order valence-corrected chi connectivity index (χ3v) is 8.85. The molecule has 11 nitrogen and oxygen atoms in total. The molecule has 2 fully saturated rings. The lowest BCUT2D eigenvalue weighted by molar-refractivity contribution is -0.125. The molecule has 4 atom stereocenters. The van der Waals surface area contributed by atoms with Crippen LogP contribution in [0.1, 0.15) is 33.6 Å². The maximum Gasteiger partial charge on any atom is 0.410 e. The van der Waals surface area contributed by atoms with Crippen LogP contribution in [-0.4, -0.2) is 108 Å². The number of nitrogens with one attached hydrogen (secondary N) is 1. The Bertz CT molecular complexity index is 1110. The quantitative estimate of drug-likeness (QED) is 0.394. The van der Waals surface area contributed by atoms with Crippen LogP contribution in [0.2, 0.25) is 25.7 Å². The second kappa shape index (κ2) is 10.7. The fourth-order valence-electron chi connectivity index (χ4n) is 5.10. The molecule has 2 saturated heterocycles. The number of imide groups is 1. The number of hydrogen-bond donors (Lipinski definition) is 2. The number of halogens is 1. The Morgan fingerprint density at radius 3 is 2.26 bits per heavy atom. The molecule has 38 heavy (non-hydrogen) atoms. The fraction of sp³-hybridized carbons (Fsp3) is 0.560. The summed E-state index contributed by atoms with van der Waals surface area (Å²) >= 11 is 0. The molecule has 2 N–H and O–H groups in total. The normalized spacial score (nSPS) is 25.1. The molecular formula is C25H33FN4O7Si. The maximum atomic E-state index is 13.9. The van der Waals surface area contributed by atoms with Crippen molar-refractivity contribution in [3.8, 4) is 0 Å². The van der Waals surface area contributed by atoms with E-state index in [9.17, 15) is 33.5 Å². The number of rotatable bonds is 7. The van der Waals surface area contributed by atoms with E-state index in [4.69, 9.17) is 4.74 Å². The number of carboxylic acid groups (broad SMARTS) is 1. The summed E-state index contributed by atoms with van der Waals surface area (Å²) in [6.07, 6.45) is -3.47. The third kappa shape index (κ3) is 5.82. The van der Waals surface area contributed by atoms with E-state index in [0.29, 0.717) is 11.1 Å². The Balaban J connectivity index is 1.47. The molecule has 0 unspecified atom stereocenters. The van der Waals surface area contributed by atoms with E-state index in [2.05, 4.69) is 25.0 Å². The van der Waals surface area contributed by atoms with E-state index in [-0.39, 0.29) is 39.1 Å². The van der Waals surface area contributed by atoms with Gasteiger partial charge in [0.05, 0.1) is 30.3 Å². The molecule has 0 aliphatic carbocycles. The van der Waals surface area contributed by atoms with Crippen LogP contribution in [0.5, 0.6) is 0 Å². The molecule has 0 bridgehead atoms. The number of ether oxygens (including phenoxy) is 1.